The highest BCUT2D eigenvalue weighted by Gasteiger charge is 2.26. The number of rotatable bonds is 5. The average molecular weight is 256 g/mol. The maximum absolute atomic E-state index is 11.2. The number of ether oxygens (including phenoxy) is 1. The van der Waals surface area contributed by atoms with Gasteiger partial charge in [-0.3, -0.25) is 14.5 Å². The Morgan fingerprint density at radius 3 is 2.71 bits per heavy atom. The second-order valence-corrected chi connectivity index (χ2v) is 5.66. The first-order valence-corrected chi connectivity index (χ1v) is 6.96. The lowest BCUT2D eigenvalue weighted by atomic mass is 10.2. The van der Waals surface area contributed by atoms with Crippen LogP contribution in [0.3, 0.4) is 0 Å². The van der Waals surface area contributed by atoms with Gasteiger partial charge in [-0.2, -0.15) is 0 Å². The van der Waals surface area contributed by atoms with Crippen molar-refractivity contribution in [2.75, 3.05) is 11.0 Å². The maximum Gasteiger partial charge on any atom is 0.229 e. The predicted octanol–water partition coefficient (Wildman–Crippen LogP) is 0.807. The van der Waals surface area contributed by atoms with Crippen molar-refractivity contribution in [2.24, 2.45) is 0 Å². The topological polar surface area (TPSA) is 85.4 Å². The largest absolute Gasteiger partial charge is 0.487 e. The Bertz CT molecular complexity index is 537. The van der Waals surface area contributed by atoms with Gasteiger partial charge in [0.25, 0.3) is 0 Å². The number of hydrogen-bond acceptors (Lipinski definition) is 5. The molecule has 0 spiro atoms. The molecule has 1 aliphatic carbocycles. The third-order valence-corrected chi connectivity index (χ3v) is 2.75. The molecule has 6 nitrogen and oxygen atoms in total. The fraction of sp³-hybridized carbons (Fsp3) is 0.400. The van der Waals surface area contributed by atoms with Crippen LogP contribution in [-0.2, 0) is 10.0 Å². The lowest BCUT2D eigenvalue weighted by Crippen LogP contribution is -2.12. The van der Waals surface area contributed by atoms with E-state index in [1.165, 1.54) is 12.4 Å². The van der Waals surface area contributed by atoms with Gasteiger partial charge in [-0.15, -0.1) is 0 Å². The van der Waals surface area contributed by atoms with E-state index >= 15 is 0 Å². The van der Waals surface area contributed by atoms with E-state index in [2.05, 4.69) is 9.71 Å². The third-order valence-electron chi connectivity index (χ3n) is 2.16. The molecule has 0 amide bonds. The van der Waals surface area contributed by atoms with Crippen molar-refractivity contribution in [1.29, 1.82) is 0 Å². The molecule has 1 N–H and O–H groups in total. The number of nitrogens with zero attached hydrogens (tertiary/aromatic N) is 1. The lowest BCUT2D eigenvalue weighted by molar-refractivity contribution is 0.111. The van der Waals surface area contributed by atoms with E-state index in [4.69, 9.17) is 4.74 Å². The van der Waals surface area contributed by atoms with Crippen molar-refractivity contribution in [3.8, 4) is 5.75 Å². The molecule has 1 fully saturated rings. The second-order valence-electron chi connectivity index (χ2n) is 3.91. The zero-order chi connectivity index (χ0) is 12.5. The summed E-state index contributed by atoms with van der Waals surface area (Å²) in [4.78, 5) is 14.6. The Morgan fingerprint density at radius 1 is 1.47 bits per heavy atom. The van der Waals surface area contributed by atoms with Crippen molar-refractivity contribution in [3.63, 3.8) is 0 Å². The first-order chi connectivity index (χ1) is 7.99. The van der Waals surface area contributed by atoms with Gasteiger partial charge in [-0.25, -0.2) is 8.42 Å². The van der Waals surface area contributed by atoms with E-state index < -0.39 is 10.0 Å². The Balaban J connectivity index is 2.37. The molecule has 0 unspecified atom stereocenters. The Morgan fingerprint density at radius 2 is 2.18 bits per heavy atom. The molecule has 0 bridgehead atoms. The number of carbonyl (C=O) groups is 1. The van der Waals surface area contributed by atoms with E-state index in [1.54, 1.807) is 0 Å². The quantitative estimate of drug-likeness (QED) is 0.788. The molecular formula is C10H12N2O4S. The highest BCUT2D eigenvalue weighted by atomic mass is 32.2. The van der Waals surface area contributed by atoms with Crippen LogP contribution in [0, 0.1) is 0 Å². The number of sulfonamides is 1. The highest BCUT2D eigenvalue weighted by Crippen LogP contribution is 2.34. The monoisotopic (exact) mass is 256 g/mol. The summed E-state index contributed by atoms with van der Waals surface area (Å²) in [6.07, 6.45) is 6.19. The zero-order valence-corrected chi connectivity index (χ0v) is 10.0. The number of pyridine rings is 1. The minimum Gasteiger partial charge on any atom is -0.487 e. The molecule has 0 saturated heterocycles. The normalized spacial score (nSPS) is 15.4. The molecule has 1 heterocycles. The summed E-state index contributed by atoms with van der Waals surface area (Å²) in [5.41, 5.74) is 0.439. The minimum absolute atomic E-state index is 0.0659. The predicted molar refractivity (Wildman–Crippen MR) is 61.7 cm³/mol. The molecule has 0 aromatic carbocycles. The van der Waals surface area contributed by atoms with Crippen molar-refractivity contribution in [3.05, 3.63) is 18.0 Å². The average Bonchev–Trinajstić information content (AvgIpc) is 3.02. The maximum atomic E-state index is 11.2. The number of aromatic nitrogens is 1. The van der Waals surface area contributed by atoms with Crippen molar-refractivity contribution in [1.82, 2.24) is 4.98 Å². The van der Waals surface area contributed by atoms with Gasteiger partial charge in [0.1, 0.15) is 5.69 Å². The summed E-state index contributed by atoms with van der Waals surface area (Å²) < 4.78 is 30.2. The van der Waals surface area contributed by atoms with Crippen molar-refractivity contribution < 1.29 is 17.9 Å². The number of carbonyl (C=O) groups excluding carboxylic acids is 1. The van der Waals surface area contributed by atoms with Crippen molar-refractivity contribution >= 4 is 22.0 Å². The van der Waals surface area contributed by atoms with Gasteiger partial charge in [-0.05, 0) is 12.8 Å². The van der Waals surface area contributed by atoms with Crippen LogP contribution < -0.4 is 9.46 Å². The van der Waals surface area contributed by atoms with Gasteiger partial charge in [0.2, 0.25) is 10.0 Å². The standard InChI is InChI=1S/C10H12N2O4S/c1-17(14,15)12-9-5-11-4-7(6-13)10(9)16-8-2-3-8/h4-6,8,12H,2-3H2,1H3. The number of anilines is 1. The Kier molecular flexibility index (Phi) is 3.01. The van der Waals surface area contributed by atoms with Crippen LogP contribution in [0.4, 0.5) is 5.69 Å². The van der Waals surface area contributed by atoms with Gasteiger partial charge in [0.05, 0.1) is 24.1 Å². The molecule has 1 aromatic rings. The van der Waals surface area contributed by atoms with Crippen LogP contribution in [-0.4, -0.2) is 32.0 Å². The van der Waals surface area contributed by atoms with Gasteiger partial charge in [-0.1, -0.05) is 0 Å². The summed E-state index contributed by atoms with van der Waals surface area (Å²) in [5.74, 6) is 0.253. The van der Waals surface area contributed by atoms with Crippen LogP contribution in [0.25, 0.3) is 0 Å². The fourth-order valence-corrected chi connectivity index (χ4v) is 1.85. The molecule has 1 aliphatic rings. The molecule has 0 radical (unpaired) electrons. The Hall–Kier alpha value is -1.63. The lowest BCUT2D eigenvalue weighted by Gasteiger charge is -2.12. The van der Waals surface area contributed by atoms with Gasteiger partial charge < -0.3 is 4.74 Å². The van der Waals surface area contributed by atoms with Crippen LogP contribution >= 0.6 is 0 Å². The third kappa shape index (κ3) is 3.16. The molecule has 7 heteroatoms. The SMILES string of the molecule is CS(=O)(=O)Nc1cncc(C=O)c1OC1CC1. The van der Waals surface area contributed by atoms with E-state index in [9.17, 15) is 13.2 Å². The fourth-order valence-electron chi connectivity index (χ4n) is 1.31. The summed E-state index contributed by atoms with van der Waals surface area (Å²) >= 11 is 0. The highest BCUT2D eigenvalue weighted by molar-refractivity contribution is 7.92. The second kappa shape index (κ2) is 4.33. The van der Waals surface area contributed by atoms with Crippen LogP contribution in [0.15, 0.2) is 12.4 Å². The van der Waals surface area contributed by atoms with E-state index in [0.29, 0.717) is 6.29 Å². The molecule has 92 valence electrons. The van der Waals surface area contributed by atoms with E-state index in [0.717, 1.165) is 19.1 Å². The van der Waals surface area contributed by atoms with Crippen LogP contribution in [0.2, 0.25) is 0 Å². The van der Waals surface area contributed by atoms with Crippen LogP contribution in [0.5, 0.6) is 5.75 Å². The first-order valence-electron chi connectivity index (χ1n) is 5.07. The molecule has 1 saturated carbocycles. The van der Waals surface area contributed by atoms with Crippen molar-refractivity contribution in [2.45, 2.75) is 18.9 Å². The molecule has 1 aromatic heterocycles. The number of hydrogen-bond donors (Lipinski definition) is 1. The number of aldehydes is 1. The summed E-state index contributed by atoms with van der Waals surface area (Å²) in [6, 6.07) is 0. The van der Waals surface area contributed by atoms with E-state index in [-0.39, 0.29) is 23.1 Å². The summed E-state index contributed by atoms with van der Waals surface area (Å²) in [6.45, 7) is 0. The smallest absolute Gasteiger partial charge is 0.229 e. The first kappa shape index (κ1) is 11.8. The minimum atomic E-state index is -3.43. The molecule has 0 aliphatic heterocycles. The molecule has 17 heavy (non-hydrogen) atoms. The Labute approximate surface area is 99.1 Å². The molecule has 0 atom stereocenters. The van der Waals surface area contributed by atoms with Gasteiger partial charge in [0, 0.05) is 6.20 Å². The van der Waals surface area contributed by atoms with Gasteiger partial charge in [0.15, 0.2) is 12.0 Å². The molecule has 2 rings (SSSR count). The number of nitrogens with one attached hydrogen (secondary N) is 1. The van der Waals surface area contributed by atoms with Gasteiger partial charge >= 0.3 is 0 Å². The summed E-state index contributed by atoms with van der Waals surface area (Å²) in [5, 5.41) is 0. The zero-order valence-electron chi connectivity index (χ0n) is 9.21. The molecular weight excluding hydrogens is 244 g/mol. The van der Waals surface area contributed by atoms with E-state index in [1.807, 2.05) is 0 Å². The summed E-state index contributed by atoms with van der Waals surface area (Å²) in [7, 11) is -3.43. The van der Waals surface area contributed by atoms with Crippen LogP contribution in [0.1, 0.15) is 23.2 Å².